The Labute approximate surface area is 118 Å². The summed E-state index contributed by atoms with van der Waals surface area (Å²) in [6, 6.07) is 7.97. The van der Waals surface area contributed by atoms with Gasteiger partial charge in [-0.25, -0.2) is 0 Å². The van der Waals surface area contributed by atoms with Crippen molar-refractivity contribution in [3.05, 3.63) is 29.8 Å². The molecule has 1 aromatic carbocycles. The summed E-state index contributed by atoms with van der Waals surface area (Å²) in [5, 5.41) is 12.0. The average Bonchev–Trinajstić information content (AvgIpc) is 2.47. The lowest BCUT2D eigenvalue weighted by Gasteiger charge is -2.30. The molecule has 0 saturated carbocycles. The summed E-state index contributed by atoms with van der Waals surface area (Å²) in [5.41, 5.74) is 2.23. The maximum atomic E-state index is 12.4. The molecule has 5 heteroatoms. The predicted molar refractivity (Wildman–Crippen MR) is 76.6 cm³/mol. The van der Waals surface area contributed by atoms with Crippen LogP contribution in [0.1, 0.15) is 18.9 Å². The molecule has 0 aromatic heterocycles. The van der Waals surface area contributed by atoms with E-state index < -0.39 is 5.97 Å². The van der Waals surface area contributed by atoms with E-state index in [-0.39, 0.29) is 24.8 Å². The van der Waals surface area contributed by atoms with Crippen molar-refractivity contribution in [3.63, 3.8) is 0 Å². The van der Waals surface area contributed by atoms with Gasteiger partial charge in [-0.2, -0.15) is 0 Å². The van der Waals surface area contributed by atoms with Crippen LogP contribution in [0.25, 0.3) is 0 Å². The first-order valence-electron chi connectivity index (χ1n) is 6.94. The molecule has 1 aromatic rings. The van der Waals surface area contributed by atoms with Crippen LogP contribution < -0.4 is 5.32 Å². The summed E-state index contributed by atoms with van der Waals surface area (Å²) in [6.45, 7) is 3.32. The van der Waals surface area contributed by atoms with E-state index in [1.54, 1.807) is 4.90 Å². The molecule has 1 heterocycles. The first-order chi connectivity index (χ1) is 9.61. The first kappa shape index (κ1) is 14.4. The Morgan fingerprint density at radius 3 is 2.85 bits per heavy atom. The molecular formula is C15H20N2O3. The summed E-state index contributed by atoms with van der Waals surface area (Å²) in [5.74, 6) is -0.947. The van der Waals surface area contributed by atoms with Crippen molar-refractivity contribution >= 4 is 17.6 Å². The van der Waals surface area contributed by atoms with Crippen molar-refractivity contribution in [2.45, 2.75) is 19.8 Å². The second kappa shape index (κ2) is 6.41. The molecule has 0 bridgehead atoms. The Balaban J connectivity index is 2.01. The number of carboxylic acids is 1. The average molecular weight is 276 g/mol. The zero-order valence-corrected chi connectivity index (χ0v) is 11.6. The number of carbonyl (C=O) groups excluding carboxylic acids is 1. The zero-order valence-electron chi connectivity index (χ0n) is 11.6. The van der Waals surface area contributed by atoms with Gasteiger partial charge in [0.1, 0.15) is 0 Å². The maximum Gasteiger partial charge on any atom is 0.305 e. The van der Waals surface area contributed by atoms with E-state index in [0.29, 0.717) is 19.5 Å². The fourth-order valence-corrected chi connectivity index (χ4v) is 2.53. The van der Waals surface area contributed by atoms with Gasteiger partial charge in [0.25, 0.3) is 0 Å². The van der Waals surface area contributed by atoms with E-state index in [2.05, 4.69) is 5.32 Å². The summed E-state index contributed by atoms with van der Waals surface area (Å²) in [4.78, 5) is 24.7. The van der Waals surface area contributed by atoms with Crippen LogP contribution in [-0.2, 0) is 16.0 Å². The molecular weight excluding hydrogens is 256 g/mol. The molecule has 108 valence electrons. The van der Waals surface area contributed by atoms with Gasteiger partial charge in [0.15, 0.2) is 0 Å². The molecule has 0 radical (unpaired) electrons. The third kappa shape index (κ3) is 3.29. The van der Waals surface area contributed by atoms with E-state index in [4.69, 9.17) is 5.11 Å². The number of fused-ring (bicyclic) bond motifs is 1. The molecule has 1 amide bonds. The second-order valence-electron chi connectivity index (χ2n) is 5.00. The molecule has 1 atom stereocenters. The summed E-state index contributed by atoms with van der Waals surface area (Å²) in [6.07, 6.45) is 0.710. The molecule has 2 N–H and O–H groups in total. The van der Waals surface area contributed by atoms with Crippen LogP contribution in [0.3, 0.4) is 0 Å². The van der Waals surface area contributed by atoms with Crippen molar-refractivity contribution in [2.75, 3.05) is 25.0 Å². The van der Waals surface area contributed by atoms with E-state index in [9.17, 15) is 9.59 Å². The number of nitrogens with zero attached hydrogens (tertiary/aromatic N) is 1. The van der Waals surface area contributed by atoms with Crippen LogP contribution in [0.2, 0.25) is 0 Å². The van der Waals surface area contributed by atoms with E-state index in [0.717, 1.165) is 11.3 Å². The number of hydrogen-bond donors (Lipinski definition) is 2. The summed E-state index contributed by atoms with van der Waals surface area (Å²) >= 11 is 0. The highest BCUT2D eigenvalue weighted by molar-refractivity contribution is 5.81. The third-order valence-electron chi connectivity index (χ3n) is 3.66. The number of para-hydroxylation sites is 1. The van der Waals surface area contributed by atoms with E-state index in [1.807, 2.05) is 31.2 Å². The monoisotopic (exact) mass is 276 g/mol. The van der Waals surface area contributed by atoms with Crippen LogP contribution in [0.15, 0.2) is 24.3 Å². The number of nitrogens with one attached hydrogen (secondary N) is 1. The molecule has 0 fully saturated rings. The Morgan fingerprint density at radius 1 is 1.40 bits per heavy atom. The quantitative estimate of drug-likeness (QED) is 0.857. The van der Waals surface area contributed by atoms with E-state index in [1.165, 1.54) is 0 Å². The van der Waals surface area contributed by atoms with Gasteiger partial charge in [-0.05, 0) is 25.0 Å². The molecule has 5 nitrogen and oxygen atoms in total. The van der Waals surface area contributed by atoms with Gasteiger partial charge >= 0.3 is 5.97 Å². The number of aliphatic carboxylic acids is 1. The SMILES string of the molecule is CCN(CCC(=O)O)C(=O)C1CNc2ccccc2C1. The van der Waals surface area contributed by atoms with Gasteiger partial charge in [-0.15, -0.1) is 0 Å². The number of hydrogen-bond acceptors (Lipinski definition) is 3. The zero-order chi connectivity index (χ0) is 14.5. The standard InChI is InChI=1S/C15H20N2O3/c1-2-17(8-7-14(18)19)15(20)12-9-11-5-3-4-6-13(11)16-10-12/h3-6,12,16H,2,7-10H2,1H3,(H,18,19). The number of amides is 1. The van der Waals surface area contributed by atoms with Gasteiger partial charge in [0.05, 0.1) is 12.3 Å². The minimum atomic E-state index is -0.872. The van der Waals surface area contributed by atoms with Crippen LogP contribution in [0.5, 0.6) is 0 Å². The fraction of sp³-hybridized carbons (Fsp3) is 0.467. The van der Waals surface area contributed by atoms with Crippen molar-refractivity contribution in [1.82, 2.24) is 4.90 Å². The highest BCUT2D eigenvalue weighted by Gasteiger charge is 2.27. The van der Waals surface area contributed by atoms with Crippen LogP contribution in [0.4, 0.5) is 5.69 Å². The number of carbonyl (C=O) groups is 2. The molecule has 1 aliphatic rings. The maximum absolute atomic E-state index is 12.4. The van der Waals surface area contributed by atoms with Crippen molar-refractivity contribution in [3.8, 4) is 0 Å². The van der Waals surface area contributed by atoms with Crippen molar-refractivity contribution < 1.29 is 14.7 Å². The van der Waals surface area contributed by atoms with Crippen LogP contribution in [0, 0.1) is 5.92 Å². The molecule has 1 unspecified atom stereocenters. The number of rotatable bonds is 5. The normalized spacial score (nSPS) is 16.9. The molecule has 0 saturated heterocycles. The molecule has 2 rings (SSSR count). The summed E-state index contributed by atoms with van der Waals surface area (Å²) in [7, 11) is 0. The lowest BCUT2D eigenvalue weighted by atomic mass is 9.93. The topological polar surface area (TPSA) is 69.6 Å². The van der Waals surface area contributed by atoms with Gasteiger partial charge in [-0.1, -0.05) is 18.2 Å². The van der Waals surface area contributed by atoms with Gasteiger partial charge < -0.3 is 15.3 Å². The van der Waals surface area contributed by atoms with Crippen molar-refractivity contribution in [1.29, 1.82) is 0 Å². The number of anilines is 1. The Kier molecular flexibility index (Phi) is 4.61. The predicted octanol–water partition coefficient (Wildman–Crippen LogP) is 1.59. The molecule has 0 aliphatic carbocycles. The second-order valence-corrected chi connectivity index (χ2v) is 5.00. The Morgan fingerprint density at radius 2 is 2.15 bits per heavy atom. The highest BCUT2D eigenvalue weighted by atomic mass is 16.4. The molecule has 0 spiro atoms. The Hall–Kier alpha value is -2.04. The minimum absolute atomic E-state index is 0.00366. The number of benzene rings is 1. The molecule has 1 aliphatic heterocycles. The van der Waals surface area contributed by atoms with Crippen LogP contribution >= 0.6 is 0 Å². The van der Waals surface area contributed by atoms with E-state index >= 15 is 0 Å². The summed E-state index contributed by atoms with van der Waals surface area (Å²) < 4.78 is 0. The third-order valence-corrected chi connectivity index (χ3v) is 3.66. The van der Waals surface area contributed by atoms with Crippen LogP contribution in [-0.4, -0.2) is 41.5 Å². The fourth-order valence-electron chi connectivity index (χ4n) is 2.53. The van der Waals surface area contributed by atoms with Crippen molar-refractivity contribution in [2.24, 2.45) is 5.92 Å². The minimum Gasteiger partial charge on any atom is -0.481 e. The lowest BCUT2D eigenvalue weighted by molar-refractivity contribution is -0.139. The van der Waals surface area contributed by atoms with Gasteiger partial charge in [-0.3, -0.25) is 9.59 Å². The van der Waals surface area contributed by atoms with Gasteiger partial charge in [0, 0.05) is 25.3 Å². The number of carboxylic acid groups (broad SMARTS) is 1. The Bertz CT molecular complexity index is 502. The first-order valence-corrected chi connectivity index (χ1v) is 6.94. The highest BCUT2D eigenvalue weighted by Crippen LogP contribution is 2.25. The lowest BCUT2D eigenvalue weighted by Crippen LogP contribution is -2.42. The van der Waals surface area contributed by atoms with Gasteiger partial charge in [0.2, 0.25) is 5.91 Å². The molecule has 20 heavy (non-hydrogen) atoms. The smallest absolute Gasteiger partial charge is 0.305 e. The largest absolute Gasteiger partial charge is 0.481 e.